The van der Waals surface area contributed by atoms with Crippen LogP contribution in [0.5, 0.6) is 0 Å². The summed E-state index contributed by atoms with van der Waals surface area (Å²) >= 11 is 3.85. The molecular weight excluding hydrogens is 242 g/mol. The third-order valence-electron chi connectivity index (χ3n) is 3.41. The van der Waals surface area contributed by atoms with Gasteiger partial charge in [-0.3, -0.25) is 10.1 Å². The van der Waals surface area contributed by atoms with Crippen molar-refractivity contribution in [3.8, 4) is 0 Å². The number of thioether (sulfide) groups is 2. The number of rotatable bonds is 1. The molecule has 3 heterocycles. The van der Waals surface area contributed by atoms with E-state index in [1.807, 2.05) is 28.4 Å². The van der Waals surface area contributed by atoms with Crippen molar-refractivity contribution in [1.29, 1.82) is 0 Å². The van der Waals surface area contributed by atoms with Crippen LogP contribution < -0.4 is 10.6 Å². The zero-order valence-corrected chi connectivity index (χ0v) is 10.8. The van der Waals surface area contributed by atoms with Crippen LogP contribution >= 0.6 is 23.5 Å². The largest absolute Gasteiger partial charge is 0.340 e. The third kappa shape index (κ3) is 1.96. The normalized spacial score (nSPS) is 32.8. The van der Waals surface area contributed by atoms with Gasteiger partial charge in [-0.2, -0.15) is 11.8 Å². The fraction of sp³-hybridized carbons (Fsp3) is 0.900. The molecule has 3 aliphatic rings. The van der Waals surface area contributed by atoms with E-state index in [0.717, 1.165) is 43.4 Å². The SMILES string of the molecule is O=C([C@@H]1CSC2(CNC2)N1)N1CCSCC1. The van der Waals surface area contributed by atoms with Gasteiger partial charge in [0, 0.05) is 43.4 Å². The van der Waals surface area contributed by atoms with Crippen molar-refractivity contribution in [1.82, 2.24) is 15.5 Å². The first-order valence-corrected chi connectivity index (χ1v) is 7.92. The molecule has 3 fully saturated rings. The fourth-order valence-corrected chi connectivity index (χ4v) is 4.59. The first-order chi connectivity index (χ1) is 7.79. The lowest BCUT2D eigenvalue weighted by atomic mass is 10.1. The Hall–Kier alpha value is 0.0900. The van der Waals surface area contributed by atoms with E-state index in [9.17, 15) is 4.79 Å². The van der Waals surface area contributed by atoms with E-state index in [2.05, 4.69) is 10.6 Å². The summed E-state index contributed by atoms with van der Waals surface area (Å²) in [5.74, 6) is 3.44. The maximum atomic E-state index is 12.2. The number of carbonyl (C=O) groups is 1. The Morgan fingerprint density at radius 3 is 2.62 bits per heavy atom. The molecule has 0 aromatic heterocycles. The summed E-state index contributed by atoms with van der Waals surface area (Å²) in [6.45, 7) is 3.85. The van der Waals surface area contributed by atoms with E-state index < -0.39 is 0 Å². The Bertz CT molecular complexity index is 290. The van der Waals surface area contributed by atoms with E-state index >= 15 is 0 Å². The van der Waals surface area contributed by atoms with Gasteiger partial charge in [0.05, 0.1) is 10.9 Å². The van der Waals surface area contributed by atoms with Gasteiger partial charge in [-0.05, 0) is 0 Å². The molecule has 1 spiro atoms. The Morgan fingerprint density at radius 2 is 2.06 bits per heavy atom. The molecule has 0 aliphatic carbocycles. The molecule has 16 heavy (non-hydrogen) atoms. The number of carbonyl (C=O) groups excluding carboxylic acids is 1. The predicted molar refractivity (Wildman–Crippen MR) is 68.9 cm³/mol. The zero-order valence-electron chi connectivity index (χ0n) is 9.20. The highest BCUT2D eigenvalue weighted by Crippen LogP contribution is 2.34. The Kier molecular flexibility index (Phi) is 3.08. The number of hydrogen-bond donors (Lipinski definition) is 2. The first kappa shape index (κ1) is 11.2. The van der Waals surface area contributed by atoms with Gasteiger partial charge in [-0.1, -0.05) is 0 Å². The van der Waals surface area contributed by atoms with E-state index in [1.54, 1.807) is 0 Å². The van der Waals surface area contributed by atoms with Crippen molar-refractivity contribution < 1.29 is 4.79 Å². The summed E-state index contributed by atoms with van der Waals surface area (Å²) < 4.78 is 0. The molecule has 0 aromatic rings. The minimum atomic E-state index is 0.0511. The quantitative estimate of drug-likeness (QED) is 0.669. The molecule has 0 radical (unpaired) electrons. The van der Waals surface area contributed by atoms with Crippen LogP contribution in [-0.4, -0.2) is 65.2 Å². The van der Waals surface area contributed by atoms with Gasteiger partial charge in [0.15, 0.2) is 0 Å². The van der Waals surface area contributed by atoms with Crippen molar-refractivity contribution in [3.63, 3.8) is 0 Å². The average Bonchev–Trinajstić information content (AvgIpc) is 2.74. The number of amides is 1. The van der Waals surface area contributed by atoms with Crippen molar-refractivity contribution in [2.75, 3.05) is 43.4 Å². The molecule has 1 amide bonds. The van der Waals surface area contributed by atoms with Gasteiger partial charge in [-0.25, -0.2) is 0 Å². The minimum Gasteiger partial charge on any atom is -0.340 e. The van der Waals surface area contributed by atoms with E-state index in [-0.39, 0.29) is 10.9 Å². The van der Waals surface area contributed by atoms with Crippen LogP contribution in [0.25, 0.3) is 0 Å². The molecule has 0 bridgehead atoms. The maximum absolute atomic E-state index is 12.2. The molecule has 3 saturated heterocycles. The predicted octanol–water partition coefficient (Wildman–Crippen LogP) is -0.434. The monoisotopic (exact) mass is 259 g/mol. The van der Waals surface area contributed by atoms with E-state index in [4.69, 9.17) is 0 Å². The van der Waals surface area contributed by atoms with Crippen LogP contribution in [0.15, 0.2) is 0 Å². The molecule has 4 nitrogen and oxygen atoms in total. The summed E-state index contributed by atoms with van der Waals surface area (Å²) in [4.78, 5) is 14.4. The summed E-state index contributed by atoms with van der Waals surface area (Å²) in [7, 11) is 0. The molecule has 1 atom stereocenters. The molecule has 3 aliphatic heterocycles. The van der Waals surface area contributed by atoms with Crippen LogP contribution in [-0.2, 0) is 4.79 Å². The molecule has 90 valence electrons. The van der Waals surface area contributed by atoms with Gasteiger partial charge in [-0.15, -0.1) is 11.8 Å². The maximum Gasteiger partial charge on any atom is 0.240 e. The van der Waals surface area contributed by atoms with Gasteiger partial charge >= 0.3 is 0 Å². The standard InChI is InChI=1S/C10H17N3OS2/c14-9(13-1-3-15-4-2-13)8-5-16-10(12-8)6-11-7-10/h8,11-12H,1-7H2/t8-/m0/s1. The lowest BCUT2D eigenvalue weighted by Crippen LogP contribution is -2.65. The molecule has 0 unspecified atom stereocenters. The second-order valence-electron chi connectivity index (χ2n) is 4.54. The van der Waals surface area contributed by atoms with Crippen LogP contribution in [0.3, 0.4) is 0 Å². The minimum absolute atomic E-state index is 0.0511. The number of nitrogens with zero attached hydrogens (tertiary/aromatic N) is 1. The Balaban J connectivity index is 1.58. The molecule has 6 heteroatoms. The van der Waals surface area contributed by atoms with Crippen LogP contribution in [0.1, 0.15) is 0 Å². The highest BCUT2D eigenvalue weighted by Gasteiger charge is 2.46. The summed E-state index contributed by atoms with van der Waals surface area (Å²) in [6, 6.07) is 0.0511. The van der Waals surface area contributed by atoms with Gasteiger partial charge in [0.2, 0.25) is 5.91 Å². The van der Waals surface area contributed by atoms with Crippen LogP contribution in [0.4, 0.5) is 0 Å². The van der Waals surface area contributed by atoms with Crippen molar-refractivity contribution in [3.05, 3.63) is 0 Å². The first-order valence-electron chi connectivity index (χ1n) is 5.78. The van der Waals surface area contributed by atoms with Crippen LogP contribution in [0, 0.1) is 0 Å². The lowest BCUT2D eigenvalue weighted by molar-refractivity contribution is -0.132. The highest BCUT2D eigenvalue weighted by molar-refractivity contribution is 8.01. The van der Waals surface area contributed by atoms with Crippen molar-refractivity contribution >= 4 is 29.4 Å². The van der Waals surface area contributed by atoms with E-state index in [1.165, 1.54) is 0 Å². The van der Waals surface area contributed by atoms with E-state index in [0.29, 0.717) is 5.91 Å². The lowest BCUT2D eigenvalue weighted by Gasteiger charge is -2.39. The topological polar surface area (TPSA) is 44.4 Å². The zero-order chi connectivity index (χ0) is 11.0. The summed E-state index contributed by atoms with van der Waals surface area (Å²) in [5, 5.41) is 6.77. The van der Waals surface area contributed by atoms with Crippen LogP contribution in [0.2, 0.25) is 0 Å². The smallest absolute Gasteiger partial charge is 0.240 e. The summed E-state index contributed by atoms with van der Waals surface area (Å²) in [5.41, 5.74) is 0. The molecule has 0 saturated carbocycles. The second kappa shape index (κ2) is 4.40. The Morgan fingerprint density at radius 1 is 1.31 bits per heavy atom. The number of nitrogens with one attached hydrogen (secondary N) is 2. The molecular formula is C10H17N3OS2. The molecule has 2 N–H and O–H groups in total. The van der Waals surface area contributed by atoms with Gasteiger partial charge in [0.25, 0.3) is 0 Å². The third-order valence-corrected chi connectivity index (χ3v) is 5.81. The highest BCUT2D eigenvalue weighted by atomic mass is 32.2. The van der Waals surface area contributed by atoms with Gasteiger partial charge < -0.3 is 10.2 Å². The fourth-order valence-electron chi connectivity index (χ4n) is 2.34. The molecule has 3 rings (SSSR count). The average molecular weight is 259 g/mol. The van der Waals surface area contributed by atoms with Gasteiger partial charge in [0.1, 0.15) is 0 Å². The van der Waals surface area contributed by atoms with Crippen molar-refractivity contribution in [2.45, 2.75) is 10.9 Å². The van der Waals surface area contributed by atoms with Crippen molar-refractivity contribution in [2.24, 2.45) is 0 Å². The number of hydrogen-bond acceptors (Lipinski definition) is 5. The summed E-state index contributed by atoms with van der Waals surface area (Å²) in [6.07, 6.45) is 0. The Labute approximate surface area is 104 Å². The molecule has 0 aromatic carbocycles. The second-order valence-corrected chi connectivity index (χ2v) is 7.17.